The molecule has 1 fully saturated rings. The van der Waals surface area contributed by atoms with Gasteiger partial charge in [0.25, 0.3) is 0 Å². The summed E-state index contributed by atoms with van der Waals surface area (Å²) in [5.41, 5.74) is 4.52. The Morgan fingerprint density at radius 1 is 1.03 bits per heavy atom. The summed E-state index contributed by atoms with van der Waals surface area (Å²) in [5.74, 6) is 0.817. The average Bonchev–Trinajstić information content (AvgIpc) is 3.31. The van der Waals surface area contributed by atoms with Crippen molar-refractivity contribution in [1.82, 2.24) is 14.8 Å². The van der Waals surface area contributed by atoms with Crippen LogP contribution in [0.25, 0.3) is 32.9 Å². The third kappa shape index (κ3) is 4.23. The predicted molar refractivity (Wildman–Crippen MR) is 135 cm³/mol. The molecule has 3 heterocycles. The monoisotopic (exact) mass is 460 g/mol. The molecule has 6 heteroatoms. The normalized spacial score (nSPS) is 15.8. The first-order valence-corrected chi connectivity index (χ1v) is 11.9. The molecule has 0 amide bonds. The fourth-order valence-electron chi connectivity index (χ4n) is 4.67. The topological polar surface area (TPSA) is 73.0 Å². The van der Waals surface area contributed by atoms with Gasteiger partial charge in [-0.1, -0.05) is 24.3 Å². The third-order valence-electron chi connectivity index (χ3n) is 6.48. The highest BCUT2D eigenvalue weighted by Gasteiger charge is 2.22. The second kappa shape index (κ2) is 9.21. The molecule has 1 atom stereocenters. The van der Waals surface area contributed by atoms with Gasteiger partial charge in [0.2, 0.25) is 0 Å². The minimum atomic E-state index is -0.0760. The lowest BCUT2D eigenvalue weighted by Gasteiger charge is -2.23. The SMILES string of the molecule is N#Cc1ccc2c(c1)c(-c1ccc3cc(OCc4cccnc4)ccc3c1)nn2C1CCCCO1. The van der Waals surface area contributed by atoms with Gasteiger partial charge in [0.05, 0.1) is 17.1 Å². The van der Waals surface area contributed by atoms with Gasteiger partial charge in [-0.15, -0.1) is 0 Å². The maximum atomic E-state index is 9.48. The molecule has 3 aromatic carbocycles. The van der Waals surface area contributed by atoms with E-state index in [1.165, 1.54) is 0 Å². The van der Waals surface area contributed by atoms with Crippen molar-refractivity contribution in [3.63, 3.8) is 0 Å². The highest BCUT2D eigenvalue weighted by Crippen LogP contribution is 2.35. The van der Waals surface area contributed by atoms with Crippen molar-refractivity contribution in [2.24, 2.45) is 0 Å². The molecule has 0 N–H and O–H groups in total. The van der Waals surface area contributed by atoms with Crippen LogP contribution in [0, 0.1) is 11.3 Å². The molecule has 35 heavy (non-hydrogen) atoms. The smallest absolute Gasteiger partial charge is 0.150 e. The lowest BCUT2D eigenvalue weighted by atomic mass is 10.0. The molecule has 0 bridgehead atoms. The van der Waals surface area contributed by atoms with E-state index in [4.69, 9.17) is 14.6 Å². The number of benzene rings is 3. The number of hydrogen-bond acceptors (Lipinski definition) is 5. The quantitative estimate of drug-likeness (QED) is 0.303. The Labute approximate surface area is 203 Å². The van der Waals surface area contributed by atoms with Gasteiger partial charge in [0.1, 0.15) is 18.1 Å². The van der Waals surface area contributed by atoms with Crippen molar-refractivity contribution in [3.05, 3.63) is 90.3 Å². The van der Waals surface area contributed by atoms with Crippen molar-refractivity contribution < 1.29 is 9.47 Å². The van der Waals surface area contributed by atoms with Crippen LogP contribution >= 0.6 is 0 Å². The van der Waals surface area contributed by atoms with Gasteiger partial charge in [-0.3, -0.25) is 4.98 Å². The van der Waals surface area contributed by atoms with Gasteiger partial charge >= 0.3 is 0 Å². The Morgan fingerprint density at radius 3 is 2.77 bits per heavy atom. The number of hydrogen-bond donors (Lipinski definition) is 0. The molecule has 0 aliphatic carbocycles. The van der Waals surface area contributed by atoms with E-state index < -0.39 is 0 Å². The van der Waals surface area contributed by atoms with Crippen LogP contribution in [0.15, 0.2) is 79.1 Å². The molecule has 0 saturated carbocycles. The van der Waals surface area contributed by atoms with E-state index in [1.807, 2.05) is 47.3 Å². The second-order valence-corrected chi connectivity index (χ2v) is 8.83. The van der Waals surface area contributed by atoms with Crippen LogP contribution in [0.5, 0.6) is 5.75 Å². The Hall–Kier alpha value is -4.21. The summed E-state index contributed by atoms with van der Waals surface area (Å²) in [5, 5.41) is 17.6. The maximum absolute atomic E-state index is 9.48. The molecular formula is C29H24N4O2. The van der Waals surface area contributed by atoms with E-state index in [0.717, 1.165) is 70.1 Å². The standard InChI is InChI=1S/C29H24N4O2/c30-17-20-6-11-27-26(14-20)29(32-33(27)28-5-1-2-13-34-28)24-8-7-23-16-25(10-9-22(23)15-24)35-19-21-4-3-12-31-18-21/h3-4,6-12,14-16,18,28H,1-2,5,13,19H2. The minimum absolute atomic E-state index is 0.0760. The first-order valence-electron chi connectivity index (χ1n) is 11.9. The van der Waals surface area contributed by atoms with Crippen LogP contribution in [0.2, 0.25) is 0 Å². The fourth-order valence-corrected chi connectivity index (χ4v) is 4.67. The fraction of sp³-hybridized carbons (Fsp3) is 0.207. The third-order valence-corrected chi connectivity index (χ3v) is 6.48. The van der Waals surface area contributed by atoms with Gasteiger partial charge in [0, 0.05) is 35.5 Å². The summed E-state index contributed by atoms with van der Waals surface area (Å²) in [7, 11) is 0. The van der Waals surface area contributed by atoms with Crippen molar-refractivity contribution in [2.45, 2.75) is 32.1 Å². The zero-order valence-electron chi connectivity index (χ0n) is 19.2. The predicted octanol–water partition coefficient (Wildman–Crippen LogP) is 6.40. The van der Waals surface area contributed by atoms with Crippen LogP contribution in [-0.4, -0.2) is 21.4 Å². The number of pyridine rings is 1. The Morgan fingerprint density at radius 2 is 1.94 bits per heavy atom. The van der Waals surface area contributed by atoms with Crippen molar-refractivity contribution >= 4 is 21.7 Å². The molecule has 1 unspecified atom stereocenters. The van der Waals surface area contributed by atoms with E-state index in [0.29, 0.717) is 12.2 Å². The summed E-state index contributed by atoms with van der Waals surface area (Å²) in [6.07, 6.45) is 6.64. The highest BCUT2D eigenvalue weighted by molar-refractivity contribution is 5.97. The second-order valence-electron chi connectivity index (χ2n) is 8.83. The zero-order chi connectivity index (χ0) is 23.6. The van der Waals surface area contributed by atoms with E-state index in [9.17, 15) is 5.26 Å². The molecule has 172 valence electrons. The minimum Gasteiger partial charge on any atom is -0.489 e. The van der Waals surface area contributed by atoms with Crippen molar-refractivity contribution in [2.75, 3.05) is 6.61 Å². The van der Waals surface area contributed by atoms with Crippen molar-refractivity contribution in [3.8, 4) is 23.1 Å². The number of fused-ring (bicyclic) bond motifs is 2. The summed E-state index contributed by atoms with van der Waals surface area (Å²) in [6.45, 7) is 1.23. The number of nitrogens with zero attached hydrogens (tertiary/aromatic N) is 4. The molecule has 1 saturated heterocycles. The molecule has 0 radical (unpaired) electrons. The van der Waals surface area contributed by atoms with E-state index >= 15 is 0 Å². The molecule has 6 nitrogen and oxygen atoms in total. The first-order chi connectivity index (χ1) is 17.3. The van der Waals surface area contributed by atoms with Gasteiger partial charge < -0.3 is 9.47 Å². The number of rotatable bonds is 5. The van der Waals surface area contributed by atoms with Gasteiger partial charge in [0.15, 0.2) is 6.23 Å². The summed E-state index contributed by atoms with van der Waals surface area (Å²) >= 11 is 0. The Kier molecular flexibility index (Phi) is 5.61. The van der Waals surface area contributed by atoms with Crippen LogP contribution < -0.4 is 4.74 Å². The molecule has 1 aliphatic heterocycles. The Balaban J connectivity index is 1.36. The first kappa shape index (κ1) is 21.3. The summed E-state index contributed by atoms with van der Waals surface area (Å²) in [6, 6.07) is 24.4. The summed E-state index contributed by atoms with van der Waals surface area (Å²) < 4.78 is 14.0. The molecule has 0 spiro atoms. The molecule has 1 aliphatic rings. The van der Waals surface area contributed by atoms with Crippen LogP contribution in [0.1, 0.15) is 36.6 Å². The number of ether oxygens (including phenoxy) is 2. The largest absolute Gasteiger partial charge is 0.489 e. The number of aromatic nitrogens is 3. The van der Waals surface area contributed by atoms with E-state index in [-0.39, 0.29) is 6.23 Å². The van der Waals surface area contributed by atoms with E-state index in [1.54, 1.807) is 6.20 Å². The Bertz CT molecular complexity index is 1550. The number of nitriles is 1. The molecule has 5 aromatic rings. The van der Waals surface area contributed by atoms with Gasteiger partial charge in [-0.25, -0.2) is 4.68 Å². The van der Waals surface area contributed by atoms with Gasteiger partial charge in [-0.2, -0.15) is 10.4 Å². The van der Waals surface area contributed by atoms with Gasteiger partial charge in [-0.05, 0) is 72.5 Å². The highest BCUT2D eigenvalue weighted by atomic mass is 16.5. The lowest BCUT2D eigenvalue weighted by Crippen LogP contribution is -2.19. The molecule has 2 aromatic heterocycles. The average molecular weight is 461 g/mol. The molecule has 6 rings (SSSR count). The summed E-state index contributed by atoms with van der Waals surface area (Å²) in [4.78, 5) is 4.14. The van der Waals surface area contributed by atoms with Crippen LogP contribution in [-0.2, 0) is 11.3 Å². The van der Waals surface area contributed by atoms with Crippen LogP contribution in [0.3, 0.4) is 0 Å². The zero-order valence-corrected chi connectivity index (χ0v) is 19.2. The van der Waals surface area contributed by atoms with Crippen molar-refractivity contribution in [1.29, 1.82) is 5.26 Å². The maximum Gasteiger partial charge on any atom is 0.150 e. The van der Waals surface area contributed by atoms with E-state index in [2.05, 4.69) is 41.4 Å². The lowest BCUT2D eigenvalue weighted by molar-refractivity contribution is -0.0365. The molecular weight excluding hydrogens is 436 g/mol. The van der Waals surface area contributed by atoms with Crippen LogP contribution in [0.4, 0.5) is 0 Å².